The number of nitrogens with zero attached hydrogens (tertiary/aromatic N) is 6. The molecule has 0 aliphatic carbocycles. The van der Waals surface area contributed by atoms with E-state index < -0.39 is 29.0 Å². The van der Waals surface area contributed by atoms with Gasteiger partial charge in [-0.1, -0.05) is 72.0 Å². The monoisotopic (exact) mass is 542 g/mol. The third-order valence-corrected chi connectivity index (χ3v) is 6.29. The number of hydrogen-bond donors (Lipinski definition) is 0. The van der Waals surface area contributed by atoms with Gasteiger partial charge in [0.15, 0.2) is 0 Å². The third kappa shape index (κ3) is 5.83. The fraction of sp³-hybridized carbons (Fsp3) is 0.241. The minimum Gasteiger partial charge on any atom is -0.465 e. The second-order valence-corrected chi connectivity index (χ2v) is 8.88. The van der Waals surface area contributed by atoms with Crippen molar-refractivity contribution in [2.45, 2.75) is 39.0 Å². The van der Waals surface area contributed by atoms with E-state index in [1.807, 2.05) is 54.6 Å². The van der Waals surface area contributed by atoms with Crippen LogP contribution in [0.15, 0.2) is 100 Å². The van der Waals surface area contributed by atoms with Gasteiger partial charge in [0.1, 0.15) is 11.6 Å². The molecule has 4 aromatic rings. The first-order valence-corrected chi connectivity index (χ1v) is 12.8. The summed E-state index contributed by atoms with van der Waals surface area (Å²) >= 11 is 0. The van der Waals surface area contributed by atoms with E-state index in [0.717, 1.165) is 24.8 Å². The van der Waals surface area contributed by atoms with Crippen LogP contribution in [0.1, 0.15) is 24.1 Å². The average Bonchev–Trinajstić information content (AvgIpc) is 3.43. The highest BCUT2D eigenvalue weighted by molar-refractivity contribution is 5.82. The zero-order valence-electron chi connectivity index (χ0n) is 22.2. The molecule has 0 aliphatic heterocycles. The van der Waals surface area contributed by atoms with Crippen molar-refractivity contribution in [1.82, 2.24) is 28.7 Å². The first kappa shape index (κ1) is 28.0. The molecule has 0 aliphatic rings. The van der Waals surface area contributed by atoms with Crippen molar-refractivity contribution < 1.29 is 9.53 Å². The van der Waals surface area contributed by atoms with Crippen molar-refractivity contribution >= 4 is 5.97 Å². The SMILES string of the molecule is C=CCn1c(=O)n(CC=C)c(=O)n(CCn2cc(C(C(=O)OCC)c3ccc(-c4ccccc4)cc3)nn2)c1=O. The van der Waals surface area contributed by atoms with Gasteiger partial charge in [-0.25, -0.2) is 28.1 Å². The largest absolute Gasteiger partial charge is 0.465 e. The molecule has 2 aromatic heterocycles. The third-order valence-electron chi connectivity index (χ3n) is 6.29. The molecule has 0 amide bonds. The molecule has 0 spiro atoms. The number of carbonyl (C=O) groups is 1. The Morgan fingerprint density at radius 1 is 0.850 bits per heavy atom. The van der Waals surface area contributed by atoms with Gasteiger partial charge in [0.2, 0.25) is 0 Å². The maximum absolute atomic E-state index is 13.0. The van der Waals surface area contributed by atoms with Gasteiger partial charge in [0.25, 0.3) is 0 Å². The Morgan fingerprint density at radius 3 is 2.00 bits per heavy atom. The van der Waals surface area contributed by atoms with Crippen molar-refractivity contribution in [3.05, 3.63) is 129 Å². The fourth-order valence-electron chi connectivity index (χ4n) is 4.35. The van der Waals surface area contributed by atoms with Gasteiger partial charge in [-0.2, -0.15) is 0 Å². The molecule has 1 unspecified atom stereocenters. The van der Waals surface area contributed by atoms with Crippen LogP contribution in [0.2, 0.25) is 0 Å². The van der Waals surface area contributed by atoms with E-state index in [0.29, 0.717) is 11.3 Å². The molecule has 0 fully saturated rings. The van der Waals surface area contributed by atoms with Crippen LogP contribution in [0.3, 0.4) is 0 Å². The summed E-state index contributed by atoms with van der Waals surface area (Å²) < 4.78 is 9.59. The standard InChI is InChI=1S/C29H30N6O5/c1-4-16-33-27(37)34(17-5-2)29(39)35(28(33)38)19-18-32-20-24(30-31-32)25(26(36)40-6-3)23-14-12-22(13-15-23)21-10-8-7-9-11-21/h4-5,7-15,20,25H,1-2,6,16-19H2,3H3. The predicted octanol–water partition coefficient (Wildman–Crippen LogP) is 2.20. The first-order valence-electron chi connectivity index (χ1n) is 12.8. The number of ether oxygens (including phenoxy) is 1. The van der Waals surface area contributed by atoms with Crippen molar-refractivity contribution in [2.24, 2.45) is 0 Å². The molecule has 2 heterocycles. The van der Waals surface area contributed by atoms with E-state index in [4.69, 9.17) is 4.74 Å². The minimum absolute atomic E-state index is 0.0488. The van der Waals surface area contributed by atoms with Crippen LogP contribution < -0.4 is 17.1 Å². The summed E-state index contributed by atoms with van der Waals surface area (Å²) in [5, 5.41) is 8.32. The Balaban J connectivity index is 1.62. The second-order valence-electron chi connectivity index (χ2n) is 8.88. The van der Waals surface area contributed by atoms with Crippen LogP contribution >= 0.6 is 0 Å². The number of aromatic nitrogens is 6. The lowest BCUT2D eigenvalue weighted by Crippen LogP contribution is -2.54. The van der Waals surface area contributed by atoms with Crippen molar-refractivity contribution in [3.8, 4) is 11.1 Å². The number of carbonyl (C=O) groups excluding carboxylic acids is 1. The van der Waals surface area contributed by atoms with Gasteiger partial charge in [0, 0.05) is 6.20 Å². The molecule has 206 valence electrons. The smallest absolute Gasteiger partial charge is 0.336 e. The van der Waals surface area contributed by atoms with E-state index in [2.05, 4.69) is 23.5 Å². The zero-order valence-corrected chi connectivity index (χ0v) is 22.2. The Hall–Kier alpha value is -5.06. The fourth-order valence-corrected chi connectivity index (χ4v) is 4.35. The van der Waals surface area contributed by atoms with E-state index >= 15 is 0 Å². The Kier molecular flexibility index (Phi) is 8.85. The van der Waals surface area contributed by atoms with Crippen LogP contribution in [0, 0.1) is 0 Å². The highest BCUT2D eigenvalue weighted by atomic mass is 16.5. The lowest BCUT2D eigenvalue weighted by molar-refractivity contribution is -0.143. The van der Waals surface area contributed by atoms with E-state index in [1.54, 1.807) is 13.1 Å². The number of allylic oxidation sites excluding steroid dienone is 2. The van der Waals surface area contributed by atoms with Crippen molar-refractivity contribution in [3.63, 3.8) is 0 Å². The number of benzene rings is 2. The number of aryl methyl sites for hydroxylation is 1. The Bertz CT molecular complexity index is 1630. The van der Waals surface area contributed by atoms with E-state index in [1.165, 1.54) is 16.8 Å². The topological polar surface area (TPSA) is 123 Å². The maximum Gasteiger partial charge on any atom is 0.336 e. The number of esters is 1. The first-order chi connectivity index (χ1) is 19.4. The summed E-state index contributed by atoms with van der Waals surface area (Å²) in [6, 6.07) is 17.4. The highest BCUT2D eigenvalue weighted by Gasteiger charge is 2.27. The predicted molar refractivity (Wildman–Crippen MR) is 150 cm³/mol. The summed E-state index contributed by atoms with van der Waals surface area (Å²) in [7, 11) is 0. The van der Waals surface area contributed by atoms with Gasteiger partial charge >= 0.3 is 23.0 Å². The molecule has 0 saturated heterocycles. The quantitative estimate of drug-likeness (QED) is 0.199. The van der Waals surface area contributed by atoms with Crippen LogP contribution in [-0.4, -0.2) is 41.3 Å². The van der Waals surface area contributed by atoms with Crippen LogP contribution in [0.25, 0.3) is 11.1 Å². The van der Waals surface area contributed by atoms with E-state index in [9.17, 15) is 19.2 Å². The molecule has 2 aromatic carbocycles. The van der Waals surface area contributed by atoms with Crippen LogP contribution in [0.5, 0.6) is 0 Å². The van der Waals surface area contributed by atoms with Gasteiger partial charge in [-0.05, 0) is 23.6 Å². The summed E-state index contributed by atoms with van der Waals surface area (Å²) in [5.41, 5.74) is 0.862. The summed E-state index contributed by atoms with van der Waals surface area (Å²) in [6.07, 6.45) is 4.39. The average molecular weight is 543 g/mol. The van der Waals surface area contributed by atoms with E-state index in [-0.39, 0.29) is 32.8 Å². The zero-order chi connectivity index (χ0) is 28.6. The molecule has 40 heavy (non-hydrogen) atoms. The number of hydrogen-bond acceptors (Lipinski definition) is 7. The lowest BCUT2D eigenvalue weighted by Gasteiger charge is -2.14. The molecule has 0 N–H and O–H groups in total. The van der Waals surface area contributed by atoms with Crippen LogP contribution in [0.4, 0.5) is 0 Å². The molecule has 11 heteroatoms. The minimum atomic E-state index is -0.819. The van der Waals surface area contributed by atoms with Crippen molar-refractivity contribution in [2.75, 3.05) is 6.61 Å². The Labute approximate surface area is 229 Å². The molecule has 0 bridgehead atoms. The summed E-state index contributed by atoms with van der Waals surface area (Å²) in [5.74, 6) is -1.29. The van der Waals surface area contributed by atoms with Gasteiger partial charge in [0.05, 0.1) is 32.8 Å². The van der Waals surface area contributed by atoms with Gasteiger partial charge < -0.3 is 4.74 Å². The lowest BCUT2D eigenvalue weighted by atomic mass is 9.94. The van der Waals surface area contributed by atoms with Crippen molar-refractivity contribution in [1.29, 1.82) is 0 Å². The molecule has 0 radical (unpaired) electrons. The summed E-state index contributed by atoms with van der Waals surface area (Å²) in [6.45, 7) is 8.99. The second kappa shape index (κ2) is 12.7. The van der Waals surface area contributed by atoms with Crippen LogP contribution in [-0.2, 0) is 35.7 Å². The summed E-state index contributed by atoms with van der Waals surface area (Å²) in [4.78, 5) is 51.4. The molecular formula is C29H30N6O5. The molecule has 1 atom stereocenters. The molecular weight excluding hydrogens is 512 g/mol. The van der Waals surface area contributed by atoms with Gasteiger partial charge in [-0.15, -0.1) is 18.3 Å². The molecule has 4 rings (SSSR count). The maximum atomic E-state index is 13.0. The Morgan fingerprint density at radius 2 is 1.43 bits per heavy atom. The van der Waals surface area contributed by atoms with Gasteiger partial charge in [-0.3, -0.25) is 9.48 Å². The molecule has 11 nitrogen and oxygen atoms in total. The normalized spacial score (nSPS) is 11.6. The molecule has 0 saturated carbocycles. The number of rotatable bonds is 12. The highest BCUT2D eigenvalue weighted by Crippen LogP contribution is 2.27.